The number of ether oxygens (including phenoxy) is 1. The lowest BCUT2D eigenvalue weighted by Crippen LogP contribution is -2.33. The second kappa shape index (κ2) is 10.4. The van der Waals surface area contributed by atoms with Crippen molar-refractivity contribution in [2.24, 2.45) is 5.92 Å². The summed E-state index contributed by atoms with van der Waals surface area (Å²) >= 11 is 0. The molecule has 0 fully saturated rings. The van der Waals surface area contributed by atoms with Gasteiger partial charge in [0.05, 0.1) is 0 Å². The molecule has 2 amide bonds. The molecule has 33 heavy (non-hydrogen) atoms. The number of carbonyl (C=O) groups excluding carboxylic acids is 2. The first-order valence-electron chi connectivity index (χ1n) is 11.3. The molecule has 0 saturated heterocycles. The van der Waals surface area contributed by atoms with E-state index in [9.17, 15) is 14.7 Å². The third kappa shape index (κ3) is 7.27. The van der Waals surface area contributed by atoms with E-state index in [1.54, 1.807) is 12.1 Å². The maximum atomic E-state index is 12.6. The molecular formula is C26H33N3O4. The molecule has 0 saturated carbocycles. The van der Waals surface area contributed by atoms with Crippen LogP contribution in [0.4, 0.5) is 4.79 Å². The minimum atomic E-state index is -0.503. The molecule has 0 aliphatic heterocycles. The van der Waals surface area contributed by atoms with Gasteiger partial charge in [-0.2, -0.15) is 0 Å². The minimum Gasteiger partial charge on any atom is -0.508 e. The third-order valence-electron chi connectivity index (χ3n) is 5.22. The van der Waals surface area contributed by atoms with Crippen molar-refractivity contribution in [1.29, 1.82) is 0 Å². The van der Waals surface area contributed by atoms with Gasteiger partial charge in [-0.15, -0.1) is 0 Å². The molecule has 0 aliphatic rings. The summed E-state index contributed by atoms with van der Waals surface area (Å²) in [5.41, 5.74) is 2.89. The summed E-state index contributed by atoms with van der Waals surface area (Å²) in [7, 11) is 0. The van der Waals surface area contributed by atoms with Crippen molar-refractivity contribution in [2.45, 2.75) is 46.1 Å². The van der Waals surface area contributed by atoms with Crippen molar-refractivity contribution in [1.82, 2.24) is 15.6 Å². The van der Waals surface area contributed by atoms with Gasteiger partial charge < -0.3 is 25.5 Å². The van der Waals surface area contributed by atoms with Crippen LogP contribution in [-0.2, 0) is 4.74 Å². The number of aromatic amines is 1. The Labute approximate surface area is 194 Å². The predicted molar refractivity (Wildman–Crippen MR) is 130 cm³/mol. The Morgan fingerprint density at radius 3 is 2.42 bits per heavy atom. The van der Waals surface area contributed by atoms with Gasteiger partial charge in [0.25, 0.3) is 5.91 Å². The van der Waals surface area contributed by atoms with Crippen LogP contribution in [0.3, 0.4) is 0 Å². The van der Waals surface area contributed by atoms with Crippen molar-refractivity contribution in [3.8, 4) is 16.9 Å². The first-order chi connectivity index (χ1) is 15.6. The Bertz CT molecular complexity index is 1100. The highest BCUT2D eigenvalue weighted by Crippen LogP contribution is 2.26. The number of phenols is 1. The number of benzene rings is 2. The largest absolute Gasteiger partial charge is 0.508 e. The van der Waals surface area contributed by atoms with Gasteiger partial charge in [-0.25, -0.2) is 4.79 Å². The van der Waals surface area contributed by atoms with Gasteiger partial charge in [-0.3, -0.25) is 4.79 Å². The molecule has 1 heterocycles. The van der Waals surface area contributed by atoms with Crippen molar-refractivity contribution >= 4 is 22.9 Å². The predicted octanol–water partition coefficient (Wildman–Crippen LogP) is 5.21. The highest BCUT2D eigenvalue weighted by atomic mass is 16.6. The van der Waals surface area contributed by atoms with Gasteiger partial charge in [-0.05, 0) is 74.9 Å². The van der Waals surface area contributed by atoms with E-state index in [1.807, 2.05) is 57.2 Å². The van der Waals surface area contributed by atoms with E-state index >= 15 is 0 Å². The second-order valence-corrected chi connectivity index (χ2v) is 9.42. The first-order valence-corrected chi connectivity index (χ1v) is 11.3. The summed E-state index contributed by atoms with van der Waals surface area (Å²) in [5.74, 6) is 0.364. The van der Waals surface area contributed by atoms with Gasteiger partial charge in [0.15, 0.2) is 0 Å². The molecule has 0 bridgehead atoms. The fourth-order valence-corrected chi connectivity index (χ4v) is 3.50. The average Bonchev–Trinajstić information content (AvgIpc) is 3.18. The molecule has 3 aromatic rings. The molecule has 1 atom stereocenters. The molecule has 176 valence electrons. The van der Waals surface area contributed by atoms with Crippen LogP contribution in [0.15, 0.2) is 48.5 Å². The number of rotatable bonds is 8. The molecular weight excluding hydrogens is 418 g/mol. The lowest BCUT2D eigenvalue weighted by Gasteiger charge is -2.20. The molecule has 0 radical (unpaired) electrons. The molecule has 2 aromatic carbocycles. The maximum absolute atomic E-state index is 12.6. The zero-order chi connectivity index (χ0) is 24.0. The minimum absolute atomic E-state index is 0.142. The van der Waals surface area contributed by atoms with Gasteiger partial charge in [0.2, 0.25) is 0 Å². The fourth-order valence-electron chi connectivity index (χ4n) is 3.50. The quantitative estimate of drug-likeness (QED) is 0.353. The lowest BCUT2D eigenvalue weighted by atomic mass is 10.0. The van der Waals surface area contributed by atoms with E-state index in [2.05, 4.69) is 22.5 Å². The van der Waals surface area contributed by atoms with Crippen LogP contribution in [0.2, 0.25) is 0 Å². The number of alkyl carbamates (subject to hydrolysis) is 1. The van der Waals surface area contributed by atoms with Crippen molar-refractivity contribution in [2.75, 3.05) is 13.1 Å². The summed E-state index contributed by atoms with van der Waals surface area (Å²) in [6.07, 6.45) is 1.28. The number of fused-ring (bicyclic) bond motifs is 1. The van der Waals surface area contributed by atoms with E-state index in [1.165, 1.54) is 0 Å². The Hall–Kier alpha value is -3.48. The molecule has 3 rings (SSSR count). The van der Waals surface area contributed by atoms with Crippen molar-refractivity contribution in [3.63, 3.8) is 0 Å². The number of amides is 2. The SMILES string of the molecule is C[C@H](CCCNC(=O)OC(C)(C)C)CNC(=O)c1cc2ccc(-c3ccc(O)cc3)cc2[nH]1. The third-order valence-corrected chi connectivity index (χ3v) is 5.22. The van der Waals surface area contributed by atoms with Gasteiger partial charge in [-0.1, -0.05) is 31.2 Å². The van der Waals surface area contributed by atoms with Crippen LogP contribution in [0.5, 0.6) is 5.75 Å². The highest BCUT2D eigenvalue weighted by Gasteiger charge is 2.16. The van der Waals surface area contributed by atoms with Gasteiger partial charge >= 0.3 is 6.09 Å². The highest BCUT2D eigenvalue weighted by molar-refractivity contribution is 5.98. The monoisotopic (exact) mass is 451 g/mol. The lowest BCUT2D eigenvalue weighted by molar-refractivity contribution is 0.0526. The van der Waals surface area contributed by atoms with Gasteiger partial charge in [0.1, 0.15) is 17.0 Å². The smallest absolute Gasteiger partial charge is 0.407 e. The molecule has 7 heteroatoms. The zero-order valence-electron chi connectivity index (χ0n) is 19.7. The standard InChI is InChI=1S/C26H33N3O4/c1-17(6-5-13-27-25(32)33-26(2,3)4)16-28-24(31)23-15-20-8-7-19(14-22(20)29-23)18-9-11-21(30)12-10-18/h7-12,14-15,17,29-30H,5-6,13,16H2,1-4H3,(H,27,32)(H,28,31)/t17-/m1/s1. The maximum Gasteiger partial charge on any atom is 0.407 e. The number of hydrogen-bond donors (Lipinski definition) is 4. The van der Waals surface area contributed by atoms with Crippen molar-refractivity contribution < 1.29 is 19.4 Å². The number of phenolic OH excluding ortho intramolecular Hbond substituents is 1. The molecule has 0 spiro atoms. The van der Waals surface area contributed by atoms with Crippen LogP contribution in [-0.4, -0.2) is 40.8 Å². The van der Waals surface area contributed by atoms with E-state index in [0.29, 0.717) is 18.8 Å². The molecule has 0 aliphatic carbocycles. The normalized spacial score (nSPS) is 12.4. The summed E-state index contributed by atoms with van der Waals surface area (Å²) in [6.45, 7) is 8.66. The molecule has 4 N–H and O–H groups in total. The van der Waals surface area contributed by atoms with Crippen LogP contribution in [0.1, 0.15) is 51.0 Å². The fraction of sp³-hybridized carbons (Fsp3) is 0.385. The van der Waals surface area contributed by atoms with Crippen LogP contribution in [0.25, 0.3) is 22.0 Å². The Morgan fingerprint density at radius 2 is 1.73 bits per heavy atom. The van der Waals surface area contributed by atoms with Crippen LogP contribution < -0.4 is 10.6 Å². The molecule has 0 unspecified atom stereocenters. The summed E-state index contributed by atoms with van der Waals surface area (Å²) < 4.78 is 5.21. The van der Waals surface area contributed by atoms with E-state index in [4.69, 9.17) is 4.74 Å². The number of aromatic nitrogens is 1. The van der Waals surface area contributed by atoms with E-state index in [-0.39, 0.29) is 17.6 Å². The summed E-state index contributed by atoms with van der Waals surface area (Å²) in [5, 5.41) is 16.2. The first kappa shape index (κ1) is 24.2. The Balaban J connectivity index is 1.47. The summed E-state index contributed by atoms with van der Waals surface area (Å²) in [6, 6.07) is 14.8. The van der Waals surface area contributed by atoms with E-state index < -0.39 is 11.7 Å². The van der Waals surface area contributed by atoms with E-state index in [0.717, 1.165) is 34.9 Å². The number of H-pyrrole nitrogens is 1. The number of aromatic hydroxyl groups is 1. The Kier molecular flexibility index (Phi) is 7.63. The second-order valence-electron chi connectivity index (χ2n) is 9.42. The molecule has 7 nitrogen and oxygen atoms in total. The number of hydrogen-bond acceptors (Lipinski definition) is 4. The summed E-state index contributed by atoms with van der Waals surface area (Å²) in [4.78, 5) is 27.5. The molecule has 1 aromatic heterocycles. The number of nitrogens with one attached hydrogen (secondary N) is 3. The Morgan fingerprint density at radius 1 is 1.03 bits per heavy atom. The van der Waals surface area contributed by atoms with Crippen molar-refractivity contribution in [3.05, 3.63) is 54.2 Å². The van der Waals surface area contributed by atoms with Gasteiger partial charge in [0, 0.05) is 24.0 Å². The topological polar surface area (TPSA) is 103 Å². The average molecular weight is 452 g/mol. The zero-order valence-corrected chi connectivity index (χ0v) is 19.7. The number of carbonyl (C=O) groups is 2. The van der Waals surface area contributed by atoms with Crippen LogP contribution >= 0.6 is 0 Å². The van der Waals surface area contributed by atoms with Crippen LogP contribution in [0, 0.1) is 5.92 Å².